The van der Waals surface area contributed by atoms with Gasteiger partial charge in [-0.1, -0.05) is 6.07 Å². The number of carbonyl (C=O) groups is 1. The van der Waals surface area contributed by atoms with Crippen molar-refractivity contribution in [2.75, 3.05) is 23.9 Å². The molecule has 0 saturated carbocycles. The molecule has 13 heteroatoms. The average molecular weight is 496 g/mol. The minimum atomic E-state index is -3.04. The van der Waals surface area contributed by atoms with Gasteiger partial charge in [-0.2, -0.15) is 0 Å². The molecule has 0 radical (unpaired) electrons. The van der Waals surface area contributed by atoms with Crippen LogP contribution in [-0.4, -0.2) is 68.0 Å². The first kappa shape index (κ1) is 22.9. The predicted octanol–water partition coefficient (Wildman–Crippen LogP) is 1.33. The Labute approximate surface area is 201 Å². The average Bonchev–Trinajstić information content (AvgIpc) is 3.49. The van der Waals surface area contributed by atoms with Crippen LogP contribution in [0.15, 0.2) is 36.9 Å². The molecule has 0 spiro atoms. The number of nitrogens with zero attached hydrogens (tertiary/aromatic N) is 6. The van der Waals surface area contributed by atoms with E-state index in [2.05, 4.69) is 41.1 Å². The van der Waals surface area contributed by atoms with Gasteiger partial charge in [0.05, 0.1) is 16.8 Å². The fourth-order valence-electron chi connectivity index (χ4n) is 4.39. The lowest BCUT2D eigenvalue weighted by Gasteiger charge is -2.22. The van der Waals surface area contributed by atoms with Crippen LogP contribution in [0.3, 0.4) is 0 Å². The number of fused-ring (bicyclic) bond motifs is 3. The van der Waals surface area contributed by atoms with E-state index in [1.165, 1.54) is 18.9 Å². The maximum absolute atomic E-state index is 12.8. The molecular formula is C22H25N9O3S. The summed E-state index contributed by atoms with van der Waals surface area (Å²) in [5.74, 6) is 0.455. The molecule has 5 rings (SSSR count). The van der Waals surface area contributed by atoms with Gasteiger partial charge < -0.3 is 15.6 Å². The van der Waals surface area contributed by atoms with Gasteiger partial charge >= 0.3 is 0 Å². The molecule has 35 heavy (non-hydrogen) atoms. The molecule has 3 heterocycles. The zero-order valence-electron chi connectivity index (χ0n) is 19.1. The highest BCUT2D eigenvalue weighted by Crippen LogP contribution is 2.35. The van der Waals surface area contributed by atoms with Gasteiger partial charge in [0.2, 0.25) is 5.91 Å². The van der Waals surface area contributed by atoms with Gasteiger partial charge in [0, 0.05) is 30.1 Å². The van der Waals surface area contributed by atoms with Gasteiger partial charge in [-0.25, -0.2) is 23.1 Å². The van der Waals surface area contributed by atoms with Crippen LogP contribution in [0.1, 0.15) is 24.1 Å². The summed E-state index contributed by atoms with van der Waals surface area (Å²) >= 11 is 0. The van der Waals surface area contributed by atoms with E-state index in [-0.39, 0.29) is 17.6 Å². The molecule has 3 N–H and O–H groups in total. The van der Waals surface area contributed by atoms with Crippen molar-refractivity contribution in [1.82, 2.24) is 40.5 Å². The molecular weight excluding hydrogens is 470 g/mol. The molecule has 1 aromatic carbocycles. The van der Waals surface area contributed by atoms with Crippen molar-refractivity contribution >= 4 is 38.3 Å². The summed E-state index contributed by atoms with van der Waals surface area (Å²) in [6.45, 7) is 0.344. The lowest BCUT2D eigenvalue weighted by Crippen LogP contribution is -2.35. The van der Waals surface area contributed by atoms with Crippen molar-refractivity contribution < 1.29 is 13.2 Å². The van der Waals surface area contributed by atoms with Crippen molar-refractivity contribution in [2.24, 2.45) is 5.92 Å². The number of aryl methyl sites for hydroxylation is 1. The van der Waals surface area contributed by atoms with Crippen molar-refractivity contribution in [2.45, 2.75) is 25.7 Å². The number of H-pyrrole nitrogens is 1. The number of sulfone groups is 1. The Morgan fingerprint density at radius 2 is 2.17 bits per heavy atom. The first-order valence-electron chi connectivity index (χ1n) is 11.3. The molecule has 1 aliphatic carbocycles. The van der Waals surface area contributed by atoms with Crippen LogP contribution in [0, 0.1) is 5.92 Å². The molecule has 0 aliphatic heterocycles. The fourth-order valence-corrected chi connectivity index (χ4v) is 5.06. The Hall–Kier alpha value is -3.87. The Morgan fingerprint density at radius 3 is 2.97 bits per heavy atom. The third-order valence-electron chi connectivity index (χ3n) is 6.06. The summed E-state index contributed by atoms with van der Waals surface area (Å²) in [7, 11) is -3.04. The molecule has 1 atom stereocenters. The number of benzene rings is 1. The number of carbonyl (C=O) groups excluding carboxylic acids is 1. The number of hydrogen-bond acceptors (Lipinski definition) is 9. The van der Waals surface area contributed by atoms with Gasteiger partial charge in [0.15, 0.2) is 0 Å². The number of nitrogens with one attached hydrogen (secondary N) is 3. The van der Waals surface area contributed by atoms with Crippen LogP contribution in [0.5, 0.6) is 0 Å². The molecule has 0 fully saturated rings. The monoisotopic (exact) mass is 495 g/mol. The molecule has 1 amide bonds. The van der Waals surface area contributed by atoms with E-state index in [0.717, 1.165) is 40.1 Å². The number of aromatic nitrogens is 7. The Balaban J connectivity index is 1.35. The van der Waals surface area contributed by atoms with E-state index in [1.807, 2.05) is 24.3 Å². The van der Waals surface area contributed by atoms with E-state index in [1.54, 1.807) is 4.68 Å². The molecule has 0 bridgehead atoms. The predicted molar refractivity (Wildman–Crippen MR) is 129 cm³/mol. The second-order valence-corrected chi connectivity index (χ2v) is 10.9. The van der Waals surface area contributed by atoms with Crippen LogP contribution >= 0.6 is 0 Å². The minimum absolute atomic E-state index is 0.0565. The van der Waals surface area contributed by atoms with Gasteiger partial charge in [0.1, 0.15) is 34.0 Å². The first-order chi connectivity index (χ1) is 16.9. The van der Waals surface area contributed by atoms with E-state index in [9.17, 15) is 13.2 Å². The van der Waals surface area contributed by atoms with Crippen LogP contribution in [0.4, 0.5) is 11.5 Å². The Morgan fingerprint density at radius 1 is 1.29 bits per heavy atom. The zero-order valence-corrected chi connectivity index (χ0v) is 19.9. The van der Waals surface area contributed by atoms with Gasteiger partial charge in [-0.15, -0.1) is 5.10 Å². The second kappa shape index (κ2) is 9.41. The number of rotatable bonds is 8. The molecule has 1 aliphatic rings. The Kier molecular flexibility index (Phi) is 6.16. The number of hydrogen-bond donors (Lipinski definition) is 3. The van der Waals surface area contributed by atoms with E-state index in [4.69, 9.17) is 0 Å². The van der Waals surface area contributed by atoms with Gasteiger partial charge in [0.25, 0.3) is 0 Å². The number of tetrazole rings is 1. The number of anilines is 2. The molecule has 4 aromatic rings. The summed E-state index contributed by atoms with van der Waals surface area (Å²) in [6.07, 6.45) is 6.62. The van der Waals surface area contributed by atoms with E-state index in [0.29, 0.717) is 31.6 Å². The fraction of sp³-hybridized carbons (Fsp3) is 0.364. The molecule has 0 saturated heterocycles. The van der Waals surface area contributed by atoms with Gasteiger partial charge in [-0.05, 0) is 59.9 Å². The minimum Gasteiger partial charge on any atom is -0.356 e. The van der Waals surface area contributed by atoms with Gasteiger partial charge in [-0.3, -0.25) is 4.79 Å². The van der Waals surface area contributed by atoms with E-state index < -0.39 is 9.84 Å². The zero-order chi connectivity index (χ0) is 24.4. The van der Waals surface area contributed by atoms with Crippen molar-refractivity contribution in [3.8, 4) is 5.69 Å². The summed E-state index contributed by atoms with van der Waals surface area (Å²) in [5.41, 5.74) is 4.42. The lowest BCUT2D eigenvalue weighted by molar-refractivity contribution is -0.125. The Bertz CT molecular complexity index is 1460. The summed E-state index contributed by atoms with van der Waals surface area (Å²) in [5, 5.41) is 18.4. The van der Waals surface area contributed by atoms with Crippen LogP contribution in [0.25, 0.3) is 16.7 Å². The smallest absolute Gasteiger partial charge is 0.223 e. The van der Waals surface area contributed by atoms with Crippen LogP contribution in [-0.2, 0) is 27.5 Å². The number of amides is 1. The maximum atomic E-state index is 12.8. The highest BCUT2D eigenvalue weighted by molar-refractivity contribution is 7.90. The first-order valence-corrected chi connectivity index (χ1v) is 13.3. The SMILES string of the molecule is CS(=O)(=O)CCCNC(=O)C1CCc2[nH]c3ncnc(Nc4cccc(-n5cnnn5)c4)c3c2C1. The summed E-state index contributed by atoms with van der Waals surface area (Å²) in [6, 6.07) is 7.63. The van der Waals surface area contributed by atoms with Crippen molar-refractivity contribution in [3.63, 3.8) is 0 Å². The van der Waals surface area contributed by atoms with E-state index >= 15 is 0 Å². The highest BCUT2D eigenvalue weighted by atomic mass is 32.2. The summed E-state index contributed by atoms with van der Waals surface area (Å²) in [4.78, 5) is 25.1. The topological polar surface area (TPSA) is 160 Å². The third kappa shape index (κ3) is 5.14. The van der Waals surface area contributed by atoms with Crippen molar-refractivity contribution in [3.05, 3.63) is 48.2 Å². The maximum Gasteiger partial charge on any atom is 0.223 e. The molecule has 182 valence electrons. The standard InChI is InChI=1S/C22H25N9O3S/c1-35(33,34)9-3-8-23-22(32)14-6-7-18-17(10-14)19-20(24-12-25-21(19)28-18)27-15-4-2-5-16(11-15)31-13-26-29-30-31/h2,4-5,11-14H,3,6-10H2,1H3,(H,23,32)(H2,24,25,27,28). The number of aromatic amines is 1. The third-order valence-corrected chi connectivity index (χ3v) is 7.09. The largest absolute Gasteiger partial charge is 0.356 e. The molecule has 3 aromatic heterocycles. The van der Waals surface area contributed by atoms with Crippen molar-refractivity contribution in [1.29, 1.82) is 0 Å². The van der Waals surface area contributed by atoms with Crippen LogP contribution in [0.2, 0.25) is 0 Å². The molecule has 1 unspecified atom stereocenters. The quantitative estimate of drug-likeness (QED) is 0.306. The molecule has 12 nitrogen and oxygen atoms in total. The highest BCUT2D eigenvalue weighted by Gasteiger charge is 2.29. The lowest BCUT2D eigenvalue weighted by atomic mass is 9.86. The second-order valence-electron chi connectivity index (χ2n) is 8.67. The normalized spacial score (nSPS) is 15.6. The summed E-state index contributed by atoms with van der Waals surface area (Å²) < 4.78 is 24.2. The van der Waals surface area contributed by atoms with Crippen LogP contribution < -0.4 is 10.6 Å².